The molecule has 0 fully saturated rings. The van der Waals surface area contributed by atoms with Crippen LogP contribution in [0, 0.1) is 11.3 Å². The molecule has 0 saturated carbocycles. The second-order valence-corrected chi connectivity index (χ2v) is 8.31. The summed E-state index contributed by atoms with van der Waals surface area (Å²) in [5.74, 6) is -4.43. The fourth-order valence-corrected chi connectivity index (χ4v) is 4.25. The first-order chi connectivity index (χ1) is 12.5. The van der Waals surface area contributed by atoms with E-state index in [1.807, 2.05) is 0 Å². The molecule has 1 aliphatic rings. The number of amides is 1. The quantitative estimate of drug-likeness (QED) is 0.321. The summed E-state index contributed by atoms with van der Waals surface area (Å²) in [5.41, 5.74) is 5.71. The van der Waals surface area contributed by atoms with Crippen molar-refractivity contribution in [2.45, 2.75) is 18.6 Å². The minimum Gasteiger partial charge on any atom is -0.476 e. The summed E-state index contributed by atoms with van der Waals surface area (Å²) in [7, 11) is -4.15. The molecule has 0 saturated heterocycles. The molecule has 0 radical (unpaired) electrons. The lowest BCUT2D eigenvalue weighted by Gasteiger charge is -2.20. The summed E-state index contributed by atoms with van der Waals surface area (Å²) in [6, 6.07) is 0. The smallest absolute Gasteiger partial charge is 0.357 e. The van der Waals surface area contributed by atoms with Crippen molar-refractivity contribution >= 4 is 44.1 Å². The van der Waals surface area contributed by atoms with Crippen LogP contribution in [-0.2, 0) is 14.8 Å². The van der Waals surface area contributed by atoms with Gasteiger partial charge >= 0.3 is 5.97 Å². The third-order valence-electron chi connectivity index (χ3n) is 3.67. The van der Waals surface area contributed by atoms with Crippen molar-refractivity contribution in [3.05, 3.63) is 34.9 Å². The number of thiazole rings is 1. The Bertz CT molecular complexity index is 953. The van der Waals surface area contributed by atoms with Crippen LogP contribution >= 0.6 is 11.3 Å². The second-order valence-electron chi connectivity index (χ2n) is 5.56. The van der Waals surface area contributed by atoms with E-state index in [1.54, 1.807) is 0 Å². The van der Waals surface area contributed by atoms with Crippen molar-refractivity contribution in [2.24, 2.45) is 11.7 Å². The second kappa shape index (κ2) is 7.84. The summed E-state index contributed by atoms with van der Waals surface area (Å²) < 4.78 is 41.1. The lowest BCUT2D eigenvalue weighted by atomic mass is 10.1. The first kappa shape index (κ1) is 20.5. The molecule has 2 atom stereocenters. The van der Waals surface area contributed by atoms with E-state index in [0.29, 0.717) is 0 Å². The number of hydrogen-bond donors (Lipinski definition) is 5. The molecule has 1 aromatic rings. The lowest BCUT2D eigenvalue weighted by Crippen LogP contribution is -2.37. The van der Waals surface area contributed by atoms with Gasteiger partial charge in [-0.3, -0.25) is 14.9 Å². The lowest BCUT2D eigenvalue weighted by molar-refractivity contribution is -0.121. The minimum absolute atomic E-state index is 0.159. The molecule has 1 amide bonds. The van der Waals surface area contributed by atoms with Gasteiger partial charge in [0, 0.05) is 0 Å². The zero-order chi connectivity index (χ0) is 20.4. The van der Waals surface area contributed by atoms with Crippen molar-refractivity contribution in [1.82, 2.24) is 10.3 Å². The fraction of sp³-hybridized carbons (Fsp3) is 0.286. The number of carboxylic acids is 1. The van der Waals surface area contributed by atoms with Gasteiger partial charge in [-0.1, -0.05) is 6.08 Å². The largest absolute Gasteiger partial charge is 0.476 e. The first-order valence-electron chi connectivity index (χ1n) is 7.44. The molecule has 2 rings (SSSR count). The maximum absolute atomic E-state index is 14.2. The number of aromatic nitrogens is 1. The van der Waals surface area contributed by atoms with Gasteiger partial charge in [0.1, 0.15) is 21.9 Å². The summed E-state index contributed by atoms with van der Waals surface area (Å²) in [5, 5.41) is 16.9. The fourth-order valence-electron chi connectivity index (χ4n) is 2.04. The molecular weight excluding hydrogens is 401 g/mol. The number of sulfonamides is 1. The maximum Gasteiger partial charge on any atom is 0.357 e. The number of nitrogens with two attached hydrogens (primary N) is 1. The molecule has 1 aliphatic carbocycles. The number of carbonyl (C=O) groups is 2. The Balaban J connectivity index is 2.13. The van der Waals surface area contributed by atoms with E-state index < -0.39 is 50.4 Å². The highest BCUT2D eigenvalue weighted by atomic mass is 32.2. The van der Waals surface area contributed by atoms with Gasteiger partial charge in [0.15, 0.2) is 5.69 Å². The van der Waals surface area contributed by atoms with E-state index in [9.17, 15) is 22.4 Å². The molecule has 1 aromatic heterocycles. The van der Waals surface area contributed by atoms with Gasteiger partial charge in [0.05, 0.1) is 17.1 Å². The molecule has 0 aromatic carbocycles. The van der Waals surface area contributed by atoms with Crippen molar-refractivity contribution in [1.29, 1.82) is 5.41 Å². The topological polar surface area (TPSA) is 175 Å². The first-order valence-corrected chi connectivity index (χ1v) is 9.86. The van der Waals surface area contributed by atoms with Gasteiger partial charge in [-0.2, -0.15) is 0 Å². The SMILES string of the molecule is CC(C(=N)N)C(=O)NC1=CCC(S(=O)(=O)Nc2scnc2C(=O)O)C=C1F. The Morgan fingerprint density at radius 3 is 2.74 bits per heavy atom. The molecule has 6 N–H and O–H groups in total. The number of nitrogens with one attached hydrogen (secondary N) is 3. The van der Waals surface area contributed by atoms with Gasteiger partial charge in [0.2, 0.25) is 15.9 Å². The van der Waals surface area contributed by atoms with E-state index in [4.69, 9.17) is 16.2 Å². The standard InChI is InChI=1S/C14H16FN5O5S2/c1-6(11(16)17)12(21)19-9-3-2-7(4-8(9)15)27(24,25)20-13-10(14(22)23)18-5-26-13/h3-7,20H,2H2,1H3,(H3,16,17)(H,19,21)(H,22,23). The number of allylic oxidation sites excluding steroid dienone is 2. The Morgan fingerprint density at radius 1 is 1.52 bits per heavy atom. The van der Waals surface area contributed by atoms with Gasteiger partial charge in [-0.15, -0.1) is 11.3 Å². The molecule has 0 spiro atoms. The summed E-state index contributed by atoms with van der Waals surface area (Å²) >= 11 is 0.783. The molecule has 10 nitrogen and oxygen atoms in total. The van der Waals surface area contributed by atoms with Crippen LogP contribution in [0.5, 0.6) is 0 Å². The van der Waals surface area contributed by atoms with Gasteiger partial charge in [0.25, 0.3) is 0 Å². The van der Waals surface area contributed by atoms with Crippen molar-refractivity contribution in [3.8, 4) is 0 Å². The van der Waals surface area contributed by atoms with E-state index in [-0.39, 0.29) is 17.1 Å². The average Bonchev–Trinajstić information content (AvgIpc) is 3.03. The molecular formula is C14H16FN5O5S2. The number of amidine groups is 1. The van der Waals surface area contributed by atoms with Crippen molar-refractivity contribution < 1.29 is 27.5 Å². The Kier molecular flexibility index (Phi) is 5.95. The summed E-state index contributed by atoms with van der Waals surface area (Å²) in [6.07, 6.45) is 1.83. The predicted octanol–water partition coefficient (Wildman–Crippen LogP) is 0.781. The summed E-state index contributed by atoms with van der Waals surface area (Å²) in [6.45, 7) is 1.37. The van der Waals surface area contributed by atoms with Gasteiger partial charge in [-0.25, -0.2) is 22.6 Å². The molecule has 1 heterocycles. The van der Waals surface area contributed by atoms with E-state index in [1.165, 1.54) is 18.5 Å². The third kappa shape index (κ3) is 4.68. The Hall–Kier alpha value is -2.80. The number of anilines is 1. The zero-order valence-corrected chi connectivity index (χ0v) is 15.5. The molecule has 0 aliphatic heterocycles. The Labute approximate surface area is 157 Å². The number of aromatic carboxylic acids is 1. The zero-order valence-electron chi connectivity index (χ0n) is 13.9. The van der Waals surface area contributed by atoms with Crippen LogP contribution in [0.1, 0.15) is 23.8 Å². The van der Waals surface area contributed by atoms with Crippen LogP contribution in [-0.4, -0.2) is 41.5 Å². The summed E-state index contributed by atoms with van der Waals surface area (Å²) in [4.78, 5) is 26.4. The number of carboxylic acid groups (broad SMARTS) is 1. The average molecular weight is 417 g/mol. The number of nitrogens with zero attached hydrogens (tertiary/aromatic N) is 1. The highest BCUT2D eigenvalue weighted by Gasteiger charge is 2.30. The molecule has 0 bridgehead atoms. The highest BCUT2D eigenvalue weighted by Crippen LogP contribution is 2.27. The van der Waals surface area contributed by atoms with E-state index in [0.717, 1.165) is 17.4 Å². The molecule has 2 unspecified atom stereocenters. The van der Waals surface area contributed by atoms with E-state index in [2.05, 4.69) is 15.0 Å². The van der Waals surface area contributed by atoms with Crippen LogP contribution in [0.15, 0.2) is 29.2 Å². The third-order valence-corrected chi connectivity index (χ3v) is 6.15. The number of rotatable bonds is 7. The molecule has 13 heteroatoms. The Morgan fingerprint density at radius 2 is 2.19 bits per heavy atom. The molecule has 27 heavy (non-hydrogen) atoms. The van der Waals surface area contributed by atoms with Crippen LogP contribution in [0.25, 0.3) is 0 Å². The van der Waals surface area contributed by atoms with Crippen LogP contribution in [0.2, 0.25) is 0 Å². The van der Waals surface area contributed by atoms with Gasteiger partial charge in [-0.05, 0) is 19.4 Å². The van der Waals surface area contributed by atoms with Gasteiger partial charge < -0.3 is 16.2 Å². The predicted molar refractivity (Wildman–Crippen MR) is 96.5 cm³/mol. The monoisotopic (exact) mass is 417 g/mol. The van der Waals surface area contributed by atoms with E-state index >= 15 is 0 Å². The van der Waals surface area contributed by atoms with Crippen molar-refractivity contribution in [3.63, 3.8) is 0 Å². The van der Waals surface area contributed by atoms with Crippen molar-refractivity contribution in [2.75, 3.05) is 4.72 Å². The van der Waals surface area contributed by atoms with Crippen LogP contribution < -0.4 is 15.8 Å². The minimum atomic E-state index is -4.15. The van der Waals surface area contributed by atoms with Crippen LogP contribution in [0.4, 0.5) is 9.39 Å². The number of carbonyl (C=O) groups excluding carboxylic acids is 1. The maximum atomic E-state index is 14.2. The number of halogens is 1. The highest BCUT2D eigenvalue weighted by molar-refractivity contribution is 7.93. The number of hydrogen-bond acceptors (Lipinski definition) is 7. The van der Waals surface area contributed by atoms with Crippen LogP contribution in [0.3, 0.4) is 0 Å². The normalized spacial score (nSPS) is 18.1. The molecule has 146 valence electrons.